The van der Waals surface area contributed by atoms with Gasteiger partial charge in [-0.25, -0.2) is 9.79 Å². The summed E-state index contributed by atoms with van der Waals surface area (Å²) in [5.74, 6) is 0.811. The van der Waals surface area contributed by atoms with Crippen molar-refractivity contribution in [2.75, 3.05) is 20.3 Å². The number of thiazole rings is 1. The fraction of sp³-hybridized carbons (Fsp3) is 0.345. The van der Waals surface area contributed by atoms with Gasteiger partial charge in [-0.1, -0.05) is 60.6 Å². The number of ether oxygens (including phenoxy) is 3. The molecular formula is C29H32N2O5S. The molecule has 37 heavy (non-hydrogen) atoms. The summed E-state index contributed by atoms with van der Waals surface area (Å²) in [5, 5.41) is 0. The second kappa shape index (κ2) is 11.6. The predicted octanol–water partition coefficient (Wildman–Crippen LogP) is 4.29. The zero-order valence-electron chi connectivity index (χ0n) is 21.9. The number of benzene rings is 2. The van der Waals surface area contributed by atoms with Gasteiger partial charge in [-0.05, 0) is 56.5 Å². The lowest BCUT2D eigenvalue weighted by Gasteiger charge is -2.24. The van der Waals surface area contributed by atoms with Gasteiger partial charge in [0.25, 0.3) is 5.56 Å². The van der Waals surface area contributed by atoms with Gasteiger partial charge in [0, 0.05) is 0 Å². The lowest BCUT2D eigenvalue weighted by molar-refractivity contribution is -0.139. The van der Waals surface area contributed by atoms with Crippen LogP contribution in [0.2, 0.25) is 0 Å². The molecule has 0 amide bonds. The molecule has 1 atom stereocenters. The van der Waals surface area contributed by atoms with E-state index in [2.05, 4.69) is 11.9 Å². The quantitative estimate of drug-likeness (QED) is 0.311. The molecule has 0 radical (unpaired) electrons. The van der Waals surface area contributed by atoms with E-state index >= 15 is 0 Å². The fourth-order valence-corrected chi connectivity index (χ4v) is 5.27. The van der Waals surface area contributed by atoms with Crippen LogP contribution in [0.5, 0.6) is 11.5 Å². The number of rotatable bonds is 9. The van der Waals surface area contributed by atoms with Crippen molar-refractivity contribution in [2.45, 2.75) is 46.6 Å². The third kappa shape index (κ3) is 5.54. The zero-order valence-corrected chi connectivity index (χ0v) is 22.7. The van der Waals surface area contributed by atoms with Crippen LogP contribution < -0.4 is 24.4 Å². The number of esters is 1. The van der Waals surface area contributed by atoms with Crippen LogP contribution in [0.25, 0.3) is 6.08 Å². The van der Waals surface area contributed by atoms with Crippen LogP contribution in [0.3, 0.4) is 0 Å². The Morgan fingerprint density at radius 3 is 2.54 bits per heavy atom. The first kappa shape index (κ1) is 26.4. The van der Waals surface area contributed by atoms with E-state index in [0.29, 0.717) is 38.7 Å². The third-order valence-electron chi connectivity index (χ3n) is 6.15. The summed E-state index contributed by atoms with van der Waals surface area (Å²) < 4.78 is 18.8. The second-order valence-electron chi connectivity index (χ2n) is 8.83. The lowest BCUT2D eigenvalue weighted by atomic mass is 9.95. The van der Waals surface area contributed by atoms with Crippen LogP contribution in [0, 0.1) is 6.92 Å². The number of methoxy groups -OCH3 is 1. The molecule has 2 aromatic carbocycles. The molecule has 7 nitrogen and oxygen atoms in total. The molecule has 1 aliphatic rings. The van der Waals surface area contributed by atoms with Crippen molar-refractivity contribution >= 4 is 23.4 Å². The minimum absolute atomic E-state index is 0.217. The van der Waals surface area contributed by atoms with Gasteiger partial charge in [-0.3, -0.25) is 9.36 Å². The number of hydrogen-bond acceptors (Lipinski definition) is 7. The van der Waals surface area contributed by atoms with Crippen molar-refractivity contribution in [3.05, 3.63) is 90.1 Å². The number of unbranched alkanes of at least 4 members (excludes halogenated alkanes) is 1. The molecule has 0 aliphatic carbocycles. The molecule has 2 heterocycles. The van der Waals surface area contributed by atoms with E-state index < -0.39 is 12.0 Å². The van der Waals surface area contributed by atoms with Crippen molar-refractivity contribution < 1.29 is 19.0 Å². The molecule has 0 fully saturated rings. The highest BCUT2D eigenvalue weighted by atomic mass is 32.1. The van der Waals surface area contributed by atoms with Crippen LogP contribution in [-0.4, -0.2) is 30.9 Å². The summed E-state index contributed by atoms with van der Waals surface area (Å²) in [5.41, 5.74) is 3.42. The maximum atomic E-state index is 13.7. The van der Waals surface area contributed by atoms with E-state index in [1.54, 1.807) is 25.5 Å². The Labute approximate surface area is 220 Å². The summed E-state index contributed by atoms with van der Waals surface area (Å²) in [4.78, 5) is 31.9. The van der Waals surface area contributed by atoms with Crippen LogP contribution in [0.15, 0.2) is 63.5 Å². The molecule has 8 heteroatoms. The van der Waals surface area contributed by atoms with E-state index in [4.69, 9.17) is 14.2 Å². The van der Waals surface area contributed by atoms with E-state index in [-0.39, 0.29) is 12.2 Å². The number of carbonyl (C=O) groups excluding carboxylic acids is 1. The van der Waals surface area contributed by atoms with Crippen LogP contribution in [0.1, 0.15) is 56.3 Å². The number of nitrogens with zero attached hydrogens (tertiary/aromatic N) is 2. The lowest BCUT2D eigenvalue weighted by Crippen LogP contribution is -2.39. The first-order chi connectivity index (χ1) is 17.9. The Morgan fingerprint density at radius 2 is 1.86 bits per heavy atom. The minimum atomic E-state index is -0.623. The normalized spacial score (nSPS) is 15.3. The van der Waals surface area contributed by atoms with E-state index in [1.807, 2.05) is 55.5 Å². The SMILES string of the molecule is CCCCOc1ccc(/C=c2/sc3n(c2=O)[C@@H](c2ccc(C)cc2)C(C(=O)OCC)=C(C)N=3)cc1OC. The smallest absolute Gasteiger partial charge is 0.338 e. The fourth-order valence-electron chi connectivity index (χ4n) is 4.23. The van der Waals surface area contributed by atoms with Gasteiger partial charge >= 0.3 is 5.97 Å². The highest BCUT2D eigenvalue weighted by molar-refractivity contribution is 7.07. The highest BCUT2D eigenvalue weighted by Gasteiger charge is 2.33. The minimum Gasteiger partial charge on any atom is -0.493 e. The molecule has 0 saturated heterocycles. The third-order valence-corrected chi connectivity index (χ3v) is 7.13. The van der Waals surface area contributed by atoms with Gasteiger partial charge in [-0.15, -0.1) is 0 Å². The Morgan fingerprint density at radius 1 is 1.11 bits per heavy atom. The van der Waals surface area contributed by atoms with Crippen molar-refractivity contribution in [3.63, 3.8) is 0 Å². The van der Waals surface area contributed by atoms with Gasteiger partial charge in [-0.2, -0.15) is 0 Å². The standard InChI is InChI=1S/C29H32N2O5S/c1-6-8-15-36-22-14-11-20(16-23(22)34-5)17-24-27(32)31-26(21-12-9-18(3)10-13-21)25(28(33)35-7-2)19(4)30-29(31)37-24/h9-14,16-17,26H,6-8,15H2,1-5H3/b24-17+/t26-/m0/s1. The molecule has 0 bridgehead atoms. The molecule has 1 aromatic heterocycles. The summed E-state index contributed by atoms with van der Waals surface area (Å²) >= 11 is 1.29. The first-order valence-electron chi connectivity index (χ1n) is 12.4. The summed E-state index contributed by atoms with van der Waals surface area (Å²) in [6.45, 7) is 8.51. The topological polar surface area (TPSA) is 79.1 Å². The molecule has 0 N–H and O–H groups in total. The molecule has 0 unspecified atom stereocenters. The molecule has 194 valence electrons. The van der Waals surface area contributed by atoms with E-state index in [0.717, 1.165) is 29.5 Å². The molecule has 1 aliphatic heterocycles. The number of fused-ring (bicyclic) bond motifs is 1. The van der Waals surface area contributed by atoms with E-state index in [1.165, 1.54) is 11.3 Å². The Bertz CT molecular complexity index is 1500. The summed E-state index contributed by atoms with van der Waals surface area (Å²) in [6, 6.07) is 12.8. The van der Waals surface area contributed by atoms with Gasteiger partial charge in [0.15, 0.2) is 16.3 Å². The Hall–Kier alpha value is -3.65. The Kier molecular flexibility index (Phi) is 8.28. The number of aryl methyl sites for hydroxylation is 1. The average molecular weight is 521 g/mol. The molecular weight excluding hydrogens is 488 g/mol. The average Bonchev–Trinajstić information content (AvgIpc) is 3.18. The molecule has 3 aromatic rings. The van der Waals surface area contributed by atoms with Gasteiger partial charge in [0.2, 0.25) is 0 Å². The largest absolute Gasteiger partial charge is 0.493 e. The number of aromatic nitrogens is 1. The number of hydrogen-bond donors (Lipinski definition) is 0. The van der Waals surface area contributed by atoms with Crippen LogP contribution in [0.4, 0.5) is 0 Å². The van der Waals surface area contributed by atoms with Crippen molar-refractivity contribution in [2.24, 2.45) is 4.99 Å². The van der Waals surface area contributed by atoms with E-state index in [9.17, 15) is 9.59 Å². The van der Waals surface area contributed by atoms with Crippen LogP contribution in [-0.2, 0) is 9.53 Å². The monoisotopic (exact) mass is 520 g/mol. The van der Waals surface area contributed by atoms with Crippen molar-refractivity contribution in [1.29, 1.82) is 0 Å². The predicted molar refractivity (Wildman–Crippen MR) is 145 cm³/mol. The Balaban J connectivity index is 1.83. The van der Waals surface area contributed by atoms with Gasteiger partial charge in [0.1, 0.15) is 0 Å². The maximum absolute atomic E-state index is 13.7. The second-order valence-corrected chi connectivity index (χ2v) is 9.83. The number of allylic oxidation sites excluding steroid dienone is 1. The maximum Gasteiger partial charge on any atom is 0.338 e. The molecule has 4 rings (SSSR count). The molecule has 0 spiro atoms. The summed E-state index contributed by atoms with van der Waals surface area (Å²) in [6.07, 6.45) is 3.82. The highest BCUT2D eigenvalue weighted by Crippen LogP contribution is 2.31. The van der Waals surface area contributed by atoms with Crippen molar-refractivity contribution in [1.82, 2.24) is 4.57 Å². The first-order valence-corrected chi connectivity index (χ1v) is 13.3. The van der Waals surface area contributed by atoms with Gasteiger partial charge in [0.05, 0.1) is 42.2 Å². The molecule has 0 saturated carbocycles. The summed E-state index contributed by atoms with van der Waals surface area (Å²) in [7, 11) is 1.60. The van der Waals surface area contributed by atoms with Crippen LogP contribution >= 0.6 is 11.3 Å². The van der Waals surface area contributed by atoms with Gasteiger partial charge < -0.3 is 14.2 Å². The zero-order chi connectivity index (χ0) is 26.5. The number of carbonyl (C=O) groups is 1. The van der Waals surface area contributed by atoms with Crippen molar-refractivity contribution in [3.8, 4) is 11.5 Å².